The van der Waals surface area contributed by atoms with Crippen molar-refractivity contribution in [2.45, 2.75) is 116 Å². The van der Waals surface area contributed by atoms with Gasteiger partial charge in [0.2, 0.25) is 11.8 Å². The molecule has 8 nitrogen and oxygen atoms in total. The minimum atomic E-state index is -1.04. The molecule has 204 valence electrons. The van der Waals surface area contributed by atoms with E-state index in [0.717, 1.165) is 19.3 Å². The fourth-order valence-electron chi connectivity index (χ4n) is 5.43. The summed E-state index contributed by atoms with van der Waals surface area (Å²) in [6.45, 7) is 2.78. The van der Waals surface area contributed by atoms with Crippen LogP contribution in [0.2, 0.25) is 0 Å². The van der Waals surface area contributed by atoms with Crippen LogP contribution in [0.25, 0.3) is 0 Å². The number of anilines is 1. The third-order valence-electron chi connectivity index (χ3n) is 7.56. The van der Waals surface area contributed by atoms with E-state index in [1.165, 1.54) is 74.0 Å². The maximum Gasteiger partial charge on any atom is 0.411 e. The maximum atomic E-state index is 13.0. The van der Waals surface area contributed by atoms with Crippen LogP contribution in [-0.4, -0.2) is 46.4 Å². The predicted molar refractivity (Wildman–Crippen MR) is 144 cm³/mol. The molecule has 1 aromatic rings. The molecule has 2 aliphatic rings. The van der Waals surface area contributed by atoms with E-state index < -0.39 is 18.0 Å². The van der Waals surface area contributed by atoms with Crippen LogP contribution in [0.3, 0.4) is 0 Å². The Balaban J connectivity index is 1.44. The Bertz CT molecular complexity index is 947. The van der Waals surface area contributed by atoms with Crippen molar-refractivity contribution < 1.29 is 24.3 Å². The fraction of sp³-hybridized carbons (Fsp3) is 0.655. The predicted octanol–water partition coefficient (Wildman–Crippen LogP) is 6.02. The summed E-state index contributed by atoms with van der Waals surface area (Å²) in [6.07, 6.45) is 15.3. The topological polar surface area (TPSA) is 107 Å². The van der Waals surface area contributed by atoms with Crippen molar-refractivity contribution in [1.29, 1.82) is 0 Å². The Morgan fingerprint density at radius 2 is 1.54 bits per heavy atom. The van der Waals surface area contributed by atoms with Gasteiger partial charge in [-0.1, -0.05) is 90.0 Å². The van der Waals surface area contributed by atoms with Crippen molar-refractivity contribution >= 4 is 29.5 Å². The Hall–Kier alpha value is -2.90. The highest BCUT2D eigenvalue weighted by Crippen LogP contribution is 2.34. The summed E-state index contributed by atoms with van der Waals surface area (Å²) in [5, 5.41) is 12.2. The molecule has 4 amide bonds. The summed E-state index contributed by atoms with van der Waals surface area (Å²) in [7, 11) is 0. The number of hydrogen-bond acceptors (Lipinski definition) is 4. The van der Waals surface area contributed by atoms with Crippen molar-refractivity contribution in [2.75, 3.05) is 11.4 Å². The number of rotatable bonds is 16. The number of nitrogens with one attached hydrogen (secondary N) is 1. The highest BCUT2D eigenvalue weighted by molar-refractivity contribution is 6.06. The second-order valence-electron chi connectivity index (χ2n) is 10.4. The van der Waals surface area contributed by atoms with Gasteiger partial charge in [-0.25, -0.2) is 4.79 Å². The van der Waals surface area contributed by atoms with Gasteiger partial charge in [-0.2, -0.15) is 0 Å². The van der Waals surface area contributed by atoms with Crippen molar-refractivity contribution in [1.82, 2.24) is 10.2 Å². The summed E-state index contributed by atoms with van der Waals surface area (Å²) in [5.74, 6) is -1.10. The van der Waals surface area contributed by atoms with E-state index in [1.54, 1.807) is 18.2 Å². The molecule has 8 heteroatoms. The van der Waals surface area contributed by atoms with Gasteiger partial charge in [0.25, 0.3) is 5.91 Å². The second kappa shape index (κ2) is 14.7. The molecule has 1 atom stereocenters. The second-order valence-corrected chi connectivity index (χ2v) is 10.4. The van der Waals surface area contributed by atoms with Crippen LogP contribution in [0, 0.1) is 0 Å². The zero-order valence-corrected chi connectivity index (χ0v) is 22.3. The summed E-state index contributed by atoms with van der Waals surface area (Å²) in [6, 6.07) is 4.39. The molecular weight excluding hydrogens is 470 g/mol. The molecule has 3 rings (SSSR count). The Kier molecular flexibility index (Phi) is 11.4. The first-order valence-electron chi connectivity index (χ1n) is 14.2. The summed E-state index contributed by atoms with van der Waals surface area (Å²) >= 11 is 0. The molecule has 1 aromatic carbocycles. The van der Waals surface area contributed by atoms with Gasteiger partial charge < -0.3 is 10.0 Å². The van der Waals surface area contributed by atoms with Gasteiger partial charge in [-0.15, -0.1) is 0 Å². The largest absolute Gasteiger partial charge is 0.465 e. The number of fused-ring (bicyclic) bond motifs is 1. The van der Waals surface area contributed by atoms with Crippen molar-refractivity contribution in [3.05, 3.63) is 29.3 Å². The van der Waals surface area contributed by atoms with Crippen LogP contribution in [0.4, 0.5) is 10.5 Å². The van der Waals surface area contributed by atoms with E-state index in [4.69, 9.17) is 0 Å². The lowest BCUT2D eigenvalue weighted by molar-refractivity contribution is -0.136. The number of benzene rings is 1. The molecule has 0 aliphatic carbocycles. The summed E-state index contributed by atoms with van der Waals surface area (Å²) in [4.78, 5) is 51.8. The number of unbranched alkanes of at least 4 members (excludes halogenated alkanes) is 12. The van der Waals surface area contributed by atoms with Gasteiger partial charge in [-0.3, -0.25) is 24.6 Å². The highest BCUT2D eigenvalue weighted by Gasteiger charge is 2.40. The summed E-state index contributed by atoms with van der Waals surface area (Å²) in [5.41, 5.74) is 1.57. The lowest BCUT2D eigenvalue weighted by Crippen LogP contribution is -2.52. The molecule has 0 bridgehead atoms. The number of carbonyl (C=O) groups is 4. The molecular formula is C29H43N3O5. The van der Waals surface area contributed by atoms with Gasteiger partial charge in [0.15, 0.2) is 0 Å². The number of amides is 4. The SMILES string of the molecule is CCCCCCCCCCCCCCCN(C(=O)O)c1cccc2c1CN(C1CCC(=O)NC1=O)C2=O. The molecule has 2 N–H and O–H groups in total. The van der Waals surface area contributed by atoms with Crippen LogP contribution in [-0.2, 0) is 16.1 Å². The molecule has 1 unspecified atom stereocenters. The fourth-order valence-corrected chi connectivity index (χ4v) is 5.43. The van der Waals surface area contributed by atoms with Crippen LogP contribution in [0.15, 0.2) is 18.2 Å². The zero-order chi connectivity index (χ0) is 26.6. The first-order chi connectivity index (χ1) is 17.9. The Morgan fingerprint density at radius 1 is 0.946 bits per heavy atom. The Morgan fingerprint density at radius 3 is 2.11 bits per heavy atom. The molecule has 2 heterocycles. The molecule has 1 fully saturated rings. The highest BCUT2D eigenvalue weighted by atomic mass is 16.4. The van der Waals surface area contributed by atoms with Gasteiger partial charge in [-0.05, 0) is 25.0 Å². The minimum absolute atomic E-state index is 0.166. The van der Waals surface area contributed by atoms with E-state index in [0.29, 0.717) is 23.4 Å². The lowest BCUT2D eigenvalue weighted by Gasteiger charge is -2.29. The first-order valence-corrected chi connectivity index (χ1v) is 14.2. The number of nitrogens with zero attached hydrogens (tertiary/aromatic N) is 2. The molecule has 0 radical (unpaired) electrons. The van der Waals surface area contributed by atoms with Crippen LogP contribution < -0.4 is 10.2 Å². The number of hydrogen-bond donors (Lipinski definition) is 2. The van der Waals surface area contributed by atoms with Gasteiger partial charge in [0.1, 0.15) is 6.04 Å². The van der Waals surface area contributed by atoms with Crippen molar-refractivity contribution in [2.24, 2.45) is 0 Å². The van der Waals surface area contributed by atoms with Gasteiger partial charge in [0, 0.05) is 30.6 Å². The molecule has 1 saturated heterocycles. The van der Waals surface area contributed by atoms with Gasteiger partial charge in [0.05, 0.1) is 5.69 Å². The standard InChI is InChI=1S/C29H43N3O5/c1-2-3-4-5-6-7-8-9-10-11-12-13-14-20-31(29(36)37)24-17-15-16-22-23(24)21-32(28(22)35)25-18-19-26(33)30-27(25)34/h15-17,25H,2-14,18-21H2,1H3,(H,36,37)(H,30,33,34). The molecule has 0 saturated carbocycles. The summed E-state index contributed by atoms with van der Waals surface area (Å²) < 4.78 is 0. The molecule has 2 aliphatic heterocycles. The van der Waals surface area contributed by atoms with Crippen LogP contribution in [0.5, 0.6) is 0 Å². The Labute approximate surface area is 220 Å². The monoisotopic (exact) mass is 513 g/mol. The number of piperidine rings is 1. The maximum absolute atomic E-state index is 13.0. The van der Waals surface area contributed by atoms with Crippen molar-refractivity contribution in [3.63, 3.8) is 0 Å². The molecule has 0 aromatic heterocycles. The normalized spacial score (nSPS) is 17.2. The van der Waals surface area contributed by atoms with E-state index in [2.05, 4.69) is 12.2 Å². The third kappa shape index (κ3) is 8.04. The average molecular weight is 514 g/mol. The van der Waals surface area contributed by atoms with Crippen LogP contribution >= 0.6 is 0 Å². The van der Waals surface area contributed by atoms with Gasteiger partial charge >= 0.3 is 6.09 Å². The first kappa shape index (κ1) is 28.7. The van der Waals surface area contributed by atoms with E-state index in [-0.39, 0.29) is 31.2 Å². The van der Waals surface area contributed by atoms with Crippen LogP contribution in [0.1, 0.15) is 119 Å². The van der Waals surface area contributed by atoms with E-state index >= 15 is 0 Å². The molecule has 37 heavy (non-hydrogen) atoms. The smallest absolute Gasteiger partial charge is 0.411 e. The number of carbonyl (C=O) groups excluding carboxylic acids is 3. The van der Waals surface area contributed by atoms with E-state index in [9.17, 15) is 24.3 Å². The lowest BCUT2D eigenvalue weighted by atomic mass is 10.0. The number of carboxylic acid groups (broad SMARTS) is 1. The third-order valence-corrected chi connectivity index (χ3v) is 7.56. The molecule has 0 spiro atoms. The average Bonchev–Trinajstić information content (AvgIpc) is 3.20. The van der Waals surface area contributed by atoms with E-state index in [1.807, 2.05) is 0 Å². The quantitative estimate of drug-likeness (QED) is 0.207. The zero-order valence-electron chi connectivity index (χ0n) is 22.3. The number of imide groups is 1. The van der Waals surface area contributed by atoms with Crippen molar-refractivity contribution in [3.8, 4) is 0 Å². The minimum Gasteiger partial charge on any atom is -0.465 e.